The molecule has 1 aliphatic heterocycles. The highest BCUT2D eigenvalue weighted by atomic mass is 79.9. The Morgan fingerprint density at radius 2 is 1.55 bits per heavy atom. The van der Waals surface area contributed by atoms with Crippen LogP contribution in [-0.2, 0) is 17.9 Å². The summed E-state index contributed by atoms with van der Waals surface area (Å²) in [7, 11) is 1.64. The Bertz CT molecular complexity index is 1550. The minimum absolute atomic E-state index is 0.0950. The van der Waals surface area contributed by atoms with Crippen molar-refractivity contribution in [3.63, 3.8) is 0 Å². The number of amides is 1. The Morgan fingerprint density at radius 3 is 2.20 bits per heavy atom. The second kappa shape index (κ2) is 12.9. The molecule has 0 spiro atoms. The maximum Gasteiger partial charge on any atom is 0.267 e. The lowest BCUT2D eigenvalue weighted by atomic mass is 10.1. The molecular weight excluding hydrogens is 652 g/mol. The Labute approximate surface area is 255 Å². The van der Waals surface area contributed by atoms with Crippen molar-refractivity contribution in [2.45, 2.75) is 20.1 Å². The highest BCUT2D eigenvalue weighted by molar-refractivity contribution is 9.11. The highest BCUT2D eigenvalue weighted by Crippen LogP contribution is 2.39. The van der Waals surface area contributed by atoms with Crippen LogP contribution in [0, 0.1) is 6.92 Å². The molecular formula is C32H26Br2N2O3S. The van der Waals surface area contributed by atoms with E-state index < -0.39 is 0 Å². The van der Waals surface area contributed by atoms with Crippen molar-refractivity contribution in [1.82, 2.24) is 4.90 Å². The van der Waals surface area contributed by atoms with Gasteiger partial charge in [0.15, 0.2) is 5.17 Å². The Balaban J connectivity index is 1.40. The molecule has 1 aliphatic rings. The molecule has 0 atom stereocenters. The van der Waals surface area contributed by atoms with E-state index in [-0.39, 0.29) is 5.91 Å². The van der Waals surface area contributed by atoms with Crippen LogP contribution < -0.4 is 9.47 Å². The fourth-order valence-electron chi connectivity index (χ4n) is 4.05. The zero-order valence-corrected chi connectivity index (χ0v) is 25.9. The monoisotopic (exact) mass is 676 g/mol. The topological polar surface area (TPSA) is 51.1 Å². The molecule has 1 heterocycles. The number of carbonyl (C=O) groups is 1. The molecule has 0 saturated carbocycles. The largest absolute Gasteiger partial charge is 0.497 e. The van der Waals surface area contributed by atoms with Crippen LogP contribution in [0.4, 0.5) is 5.69 Å². The van der Waals surface area contributed by atoms with Gasteiger partial charge >= 0.3 is 0 Å². The molecule has 5 rings (SSSR count). The Hall–Kier alpha value is -3.33. The normalized spacial score (nSPS) is 15.2. The number of rotatable bonds is 8. The number of benzene rings is 4. The van der Waals surface area contributed by atoms with Crippen LogP contribution in [0.25, 0.3) is 6.08 Å². The molecule has 0 aliphatic carbocycles. The molecule has 0 radical (unpaired) electrons. The Morgan fingerprint density at radius 1 is 0.900 bits per heavy atom. The number of aliphatic imine (C=N–C) groups is 1. The van der Waals surface area contributed by atoms with Crippen LogP contribution in [0.15, 0.2) is 110 Å². The summed E-state index contributed by atoms with van der Waals surface area (Å²) >= 11 is 8.67. The molecule has 1 fully saturated rings. The van der Waals surface area contributed by atoms with E-state index in [0.717, 1.165) is 37.1 Å². The second-order valence-electron chi connectivity index (χ2n) is 9.17. The van der Waals surface area contributed by atoms with Crippen LogP contribution in [0.1, 0.15) is 22.3 Å². The van der Waals surface area contributed by atoms with E-state index in [0.29, 0.717) is 29.0 Å². The molecule has 0 N–H and O–H groups in total. The first-order chi connectivity index (χ1) is 19.4. The van der Waals surface area contributed by atoms with Gasteiger partial charge in [-0.3, -0.25) is 9.69 Å². The minimum Gasteiger partial charge on any atom is -0.497 e. The third-order valence-electron chi connectivity index (χ3n) is 6.19. The standard InChI is InChI=1S/C32H26Br2N2O3S/c1-21-8-10-23(11-9-21)20-39-30-27(33)16-24(17-28(30)34)18-29-31(37)36(19-22-12-14-26(38-2)15-13-22)32(40-29)35-25-6-4-3-5-7-25/h3-18H,19-20H2,1-2H3/b29-18-,35-32?. The van der Waals surface area contributed by atoms with Crippen molar-refractivity contribution in [1.29, 1.82) is 0 Å². The zero-order chi connectivity index (χ0) is 28.1. The van der Waals surface area contributed by atoms with Gasteiger partial charge in [-0.05, 0) is 110 Å². The number of ether oxygens (including phenoxy) is 2. The average molecular weight is 678 g/mol. The van der Waals surface area contributed by atoms with Gasteiger partial charge in [-0.25, -0.2) is 4.99 Å². The lowest BCUT2D eigenvalue weighted by Gasteiger charge is -2.16. The summed E-state index contributed by atoms with van der Waals surface area (Å²) in [6.45, 7) is 2.91. The van der Waals surface area contributed by atoms with Crippen molar-refractivity contribution in [2.24, 2.45) is 4.99 Å². The van der Waals surface area contributed by atoms with E-state index in [1.807, 2.05) is 72.8 Å². The van der Waals surface area contributed by atoms with Crippen LogP contribution in [-0.4, -0.2) is 23.1 Å². The molecule has 5 nitrogen and oxygen atoms in total. The molecule has 4 aromatic rings. The molecule has 8 heteroatoms. The molecule has 4 aromatic carbocycles. The molecule has 0 aromatic heterocycles. The first kappa shape index (κ1) is 28.2. The smallest absolute Gasteiger partial charge is 0.267 e. The van der Waals surface area contributed by atoms with Crippen LogP contribution in [0.2, 0.25) is 0 Å². The number of carbonyl (C=O) groups excluding carboxylic acids is 1. The number of methoxy groups -OCH3 is 1. The summed E-state index contributed by atoms with van der Waals surface area (Å²) in [6.07, 6.45) is 1.89. The van der Waals surface area contributed by atoms with E-state index in [9.17, 15) is 4.79 Å². The Kier molecular flexibility index (Phi) is 9.09. The third-order valence-corrected chi connectivity index (χ3v) is 8.38. The third kappa shape index (κ3) is 6.86. The van der Waals surface area contributed by atoms with Crippen molar-refractivity contribution in [3.05, 3.63) is 127 Å². The fraction of sp³-hybridized carbons (Fsp3) is 0.125. The zero-order valence-electron chi connectivity index (χ0n) is 21.9. The van der Waals surface area contributed by atoms with Gasteiger partial charge in [-0.15, -0.1) is 0 Å². The lowest BCUT2D eigenvalue weighted by Crippen LogP contribution is -2.28. The van der Waals surface area contributed by atoms with E-state index >= 15 is 0 Å². The summed E-state index contributed by atoms with van der Waals surface area (Å²) < 4.78 is 13.0. The SMILES string of the molecule is COc1ccc(CN2C(=O)/C(=C/c3cc(Br)c(OCc4ccc(C)cc4)c(Br)c3)SC2=Nc2ccccc2)cc1. The lowest BCUT2D eigenvalue weighted by molar-refractivity contribution is -0.122. The van der Waals surface area contributed by atoms with Crippen molar-refractivity contribution in [3.8, 4) is 11.5 Å². The first-order valence-electron chi connectivity index (χ1n) is 12.5. The van der Waals surface area contributed by atoms with Gasteiger partial charge < -0.3 is 9.47 Å². The van der Waals surface area contributed by atoms with E-state index in [4.69, 9.17) is 14.5 Å². The van der Waals surface area contributed by atoms with E-state index in [2.05, 4.69) is 63.0 Å². The molecule has 1 saturated heterocycles. The molecule has 202 valence electrons. The van der Waals surface area contributed by atoms with Crippen molar-refractivity contribution < 1.29 is 14.3 Å². The molecule has 1 amide bonds. The van der Waals surface area contributed by atoms with Crippen LogP contribution in [0.3, 0.4) is 0 Å². The first-order valence-corrected chi connectivity index (χ1v) is 15.0. The van der Waals surface area contributed by atoms with Gasteiger partial charge in [0.1, 0.15) is 18.1 Å². The molecule has 0 unspecified atom stereocenters. The highest BCUT2D eigenvalue weighted by Gasteiger charge is 2.33. The van der Waals surface area contributed by atoms with Gasteiger partial charge in [-0.1, -0.05) is 60.2 Å². The van der Waals surface area contributed by atoms with Gasteiger partial charge in [0, 0.05) is 0 Å². The fourth-order valence-corrected chi connectivity index (χ4v) is 6.50. The number of para-hydroxylation sites is 1. The number of thioether (sulfide) groups is 1. The number of nitrogens with zero attached hydrogens (tertiary/aromatic N) is 2. The minimum atomic E-state index is -0.0950. The van der Waals surface area contributed by atoms with Gasteiger partial charge in [0.25, 0.3) is 5.91 Å². The molecule has 0 bridgehead atoms. The average Bonchev–Trinajstić information content (AvgIpc) is 3.23. The predicted octanol–water partition coefficient (Wildman–Crippen LogP) is 8.91. The van der Waals surface area contributed by atoms with Crippen molar-refractivity contribution in [2.75, 3.05) is 7.11 Å². The van der Waals surface area contributed by atoms with E-state index in [1.165, 1.54) is 17.3 Å². The predicted molar refractivity (Wildman–Crippen MR) is 170 cm³/mol. The molecule has 40 heavy (non-hydrogen) atoms. The summed E-state index contributed by atoms with van der Waals surface area (Å²) in [5, 5.41) is 0.634. The van der Waals surface area contributed by atoms with Crippen LogP contribution >= 0.6 is 43.6 Å². The van der Waals surface area contributed by atoms with Gasteiger partial charge in [-0.2, -0.15) is 0 Å². The summed E-state index contributed by atoms with van der Waals surface area (Å²) in [5.74, 6) is 1.38. The maximum atomic E-state index is 13.6. The second-order valence-corrected chi connectivity index (χ2v) is 11.9. The van der Waals surface area contributed by atoms with E-state index in [1.54, 1.807) is 12.0 Å². The van der Waals surface area contributed by atoms with Crippen LogP contribution in [0.5, 0.6) is 11.5 Å². The number of amidine groups is 1. The van der Waals surface area contributed by atoms with Gasteiger partial charge in [0.2, 0.25) is 0 Å². The van der Waals surface area contributed by atoms with Crippen molar-refractivity contribution >= 4 is 66.5 Å². The number of hydrogen-bond acceptors (Lipinski definition) is 5. The maximum absolute atomic E-state index is 13.6. The number of halogens is 2. The number of hydrogen-bond donors (Lipinski definition) is 0. The summed E-state index contributed by atoms with van der Waals surface area (Å²) in [6, 6.07) is 29.5. The van der Waals surface area contributed by atoms with Gasteiger partial charge in [0.05, 0.1) is 33.2 Å². The summed E-state index contributed by atoms with van der Waals surface area (Å²) in [4.78, 5) is 20.8. The number of aryl methyl sites for hydroxylation is 1. The summed E-state index contributed by atoms with van der Waals surface area (Å²) in [5.41, 5.74) is 4.94. The quantitative estimate of drug-likeness (QED) is 0.175.